The summed E-state index contributed by atoms with van der Waals surface area (Å²) in [7, 11) is 1.64. The molecule has 0 amide bonds. The first-order valence-corrected chi connectivity index (χ1v) is 3.58. The number of allylic oxidation sites excluding steroid dienone is 2. The third-order valence-corrected chi connectivity index (χ3v) is 1.28. The van der Waals surface area contributed by atoms with E-state index >= 15 is 0 Å². The molecule has 0 unspecified atom stereocenters. The number of hydrogen-bond donors (Lipinski definition) is 1. The van der Waals surface area contributed by atoms with Gasteiger partial charge in [-0.3, -0.25) is 0 Å². The first kappa shape index (κ1) is 10.1. The molecule has 0 radical (unpaired) electrons. The first-order chi connectivity index (χ1) is 4.88. The summed E-state index contributed by atoms with van der Waals surface area (Å²) >= 11 is 0. The summed E-state index contributed by atoms with van der Waals surface area (Å²) in [5.74, 6) is 0.852. The van der Waals surface area contributed by atoms with Gasteiger partial charge in [0.15, 0.2) is 0 Å². The van der Waals surface area contributed by atoms with Gasteiger partial charge in [-0.2, -0.15) is 0 Å². The van der Waals surface area contributed by atoms with Crippen LogP contribution in [-0.2, 0) is 4.74 Å². The quantitative estimate of drug-likeness (QED) is 0.489. The lowest BCUT2D eigenvalue weighted by atomic mass is 9.93. The zero-order valence-corrected chi connectivity index (χ0v) is 7.77. The Labute approximate surface area is 68.7 Å². The van der Waals surface area contributed by atoms with Gasteiger partial charge in [-0.15, -0.1) is 0 Å². The van der Waals surface area contributed by atoms with Gasteiger partial charge < -0.3 is 10.5 Å². The highest BCUT2D eigenvalue weighted by atomic mass is 16.5. The van der Waals surface area contributed by atoms with Crippen molar-refractivity contribution in [3.05, 3.63) is 24.1 Å². The zero-order chi connectivity index (χ0) is 9.07. The summed E-state index contributed by atoms with van der Waals surface area (Å²) in [6.45, 7) is 9.76. The Morgan fingerprint density at radius 3 is 2.00 bits per heavy atom. The Hall–Kier alpha value is -0.920. The lowest BCUT2D eigenvalue weighted by Gasteiger charge is -2.21. The van der Waals surface area contributed by atoms with Gasteiger partial charge in [0, 0.05) is 11.1 Å². The predicted molar refractivity (Wildman–Crippen MR) is 47.9 cm³/mol. The first-order valence-electron chi connectivity index (χ1n) is 3.58. The van der Waals surface area contributed by atoms with Crippen molar-refractivity contribution in [2.75, 3.05) is 7.11 Å². The second-order valence-corrected chi connectivity index (χ2v) is 3.54. The van der Waals surface area contributed by atoms with E-state index in [4.69, 9.17) is 10.5 Å². The highest BCUT2D eigenvalue weighted by Crippen LogP contribution is 2.25. The Morgan fingerprint density at radius 1 is 1.45 bits per heavy atom. The summed E-state index contributed by atoms with van der Waals surface area (Å²) in [5.41, 5.74) is 5.94. The van der Waals surface area contributed by atoms with Gasteiger partial charge in [0.2, 0.25) is 0 Å². The van der Waals surface area contributed by atoms with Crippen molar-refractivity contribution in [3.63, 3.8) is 0 Å². The van der Waals surface area contributed by atoms with Crippen LogP contribution in [0.1, 0.15) is 20.8 Å². The third-order valence-electron chi connectivity index (χ3n) is 1.28. The SMILES string of the molecule is C=C(N)/C=C(\OC)C(C)(C)C. The van der Waals surface area contributed by atoms with Crippen molar-refractivity contribution in [3.8, 4) is 0 Å². The number of rotatable bonds is 2. The molecule has 0 rings (SSSR count). The molecule has 0 aromatic rings. The Balaban J connectivity index is 4.54. The van der Waals surface area contributed by atoms with Crippen LogP contribution in [0.4, 0.5) is 0 Å². The second kappa shape index (κ2) is 3.46. The Kier molecular flexibility index (Phi) is 3.18. The van der Waals surface area contributed by atoms with E-state index in [9.17, 15) is 0 Å². The predicted octanol–water partition coefficient (Wildman–Crippen LogP) is 2.04. The van der Waals surface area contributed by atoms with Crippen molar-refractivity contribution in [2.45, 2.75) is 20.8 Å². The van der Waals surface area contributed by atoms with E-state index in [1.54, 1.807) is 13.2 Å². The summed E-state index contributed by atoms with van der Waals surface area (Å²) in [6, 6.07) is 0. The van der Waals surface area contributed by atoms with Crippen LogP contribution >= 0.6 is 0 Å². The minimum absolute atomic E-state index is 0.00292. The van der Waals surface area contributed by atoms with E-state index in [2.05, 4.69) is 27.4 Å². The fourth-order valence-electron chi connectivity index (χ4n) is 0.750. The molecule has 2 N–H and O–H groups in total. The van der Waals surface area contributed by atoms with Crippen molar-refractivity contribution < 1.29 is 4.74 Å². The minimum atomic E-state index is -0.00292. The summed E-state index contributed by atoms with van der Waals surface area (Å²) in [5, 5.41) is 0. The molecule has 0 aromatic heterocycles. The largest absolute Gasteiger partial charge is 0.500 e. The lowest BCUT2D eigenvalue weighted by Crippen LogP contribution is -2.12. The average Bonchev–Trinajstić information content (AvgIpc) is 1.79. The van der Waals surface area contributed by atoms with E-state index in [-0.39, 0.29) is 5.41 Å². The van der Waals surface area contributed by atoms with Gasteiger partial charge >= 0.3 is 0 Å². The van der Waals surface area contributed by atoms with Gasteiger partial charge in [0.25, 0.3) is 0 Å². The van der Waals surface area contributed by atoms with E-state index in [1.165, 1.54) is 0 Å². The average molecular weight is 155 g/mol. The smallest absolute Gasteiger partial charge is 0.103 e. The highest BCUT2D eigenvalue weighted by molar-refractivity contribution is 5.17. The van der Waals surface area contributed by atoms with Crippen molar-refractivity contribution in [1.82, 2.24) is 0 Å². The van der Waals surface area contributed by atoms with Gasteiger partial charge in [-0.25, -0.2) is 0 Å². The number of nitrogens with two attached hydrogens (primary N) is 1. The maximum atomic E-state index is 5.41. The van der Waals surface area contributed by atoms with E-state index in [0.717, 1.165) is 5.76 Å². The molecule has 0 heterocycles. The van der Waals surface area contributed by atoms with Crippen LogP contribution < -0.4 is 5.73 Å². The van der Waals surface area contributed by atoms with E-state index in [0.29, 0.717) is 5.70 Å². The molecule has 0 aliphatic heterocycles. The molecule has 2 heteroatoms. The van der Waals surface area contributed by atoms with Gasteiger partial charge in [0.1, 0.15) is 5.76 Å². The molecule has 0 saturated heterocycles. The van der Waals surface area contributed by atoms with Crippen LogP contribution in [0.3, 0.4) is 0 Å². The van der Waals surface area contributed by atoms with E-state index < -0.39 is 0 Å². The third kappa shape index (κ3) is 3.71. The van der Waals surface area contributed by atoms with Crippen LogP contribution in [0.2, 0.25) is 0 Å². The summed E-state index contributed by atoms with van der Waals surface area (Å²) < 4.78 is 5.15. The fraction of sp³-hybridized carbons (Fsp3) is 0.556. The molecular weight excluding hydrogens is 138 g/mol. The van der Waals surface area contributed by atoms with Crippen LogP contribution in [0.5, 0.6) is 0 Å². The molecule has 0 aromatic carbocycles. The molecule has 0 aliphatic rings. The van der Waals surface area contributed by atoms with Gasteiger partial charge in [0.05, 0.1) is 7.11 Å². The molecule has 2 nitrogen and oxygen atoms in total. The standard InChI is InChI=1S/C9H17NO/c1-7(10)6-8(11-5)9(2,3)4/h6H,1,10H2,2-5H3/b8-6-. The summed E-state index contributed by atoms with van der Waals surface area (Å²) in [4.78, 5) is 0. The molecular formula is C9H17NO. The molecule has 64 valence electrons. The Morgan fingerprint density at radius 2 is 1.91 bits per heavy atom. The van der Waals surface area contributed by atoms with E-state index in [1.807, 2.05) is 0 Å². The molecule has 0 spiro atoms. The Bertz CT molecular complexity index is 174. The molecule has 0 fully saturated rings. The highest BCUT2D eigenvalue weighted by Gasteiger charge is 2.17. The number of ether oxygens (including phenoxy) is 1. The monoisotopic (exact) mass is 155 g/mol. The zero-order valence-electron chi connectivity index (χ0n) is 7.77. The second-order valence-electron chi connectivity index (χ2n) is 3.54. The lowest BCUT2D eigenvalue weighted by molar-refractivity contribution is 0.206. The van der Waals surface area contributed by atoms with Crippen molar-refractivity contribution in [2.24, 2.45) is 11.1 Å². The molecule has 0 bridgehead atoms. The fourth-order valence-corrected chi connectivity index (χ4v) is 0.750. The van der Waals surface area contributed by atoms with Gasteiger partial charge in [-0.1, -0.05) is 27.4 Å². The van der Waals surface area contributed by atoms with Crippen LogP contribution in [-0.4, -0.2) is 7.11 Å². The maximum Gasteiger partial charge on any atom is 0.103 e. The normalized spacial score (nSPS) is 12.9. The number of hydrogen-bond acceptors (Lipinski definition) is 2. The summed E-state index contributed by atoms with van der Waals surface area (Å²) in [6.07, 6.45) is 1.75. The molecule has 0 aliphatic carbocycles. The topological polar surface area (TPSA) is 35.2 Å². The van der Waals surface area contributed by atoms with Crippen LogP contribution in [0.15, 0.2) is 24.1 Å². The minimum Gasteiger partial charge on any atom is -0.500 e. The van der Waals surface area contributed by atoms with Crippen molar-refractivity contribution >= 4 is 0 Å². The molecule has 0 saturated carbocycles. The van der Waals surface area contributed by atoms with Crippen LogP contribution in [0, 0.1) is 5.41 Å². The van der Waals surface area contributed by atoms with Gasteiger partial charge in [-0.05, 0) is 6.08 Å². The van der Waals surface area contributed by atoms with Crippen LogP contribution in [0.25, 0.3) is 0 Å². The van der Waals surface area contributed by atoms with Crippen molar-refractivity contribution in [1.29, 1.82) is 0 Å². The molecule has 0 atom stereocenters. The number of methoxy groups -OCH3 is 1. The molecule has 11 heavy (non-hydrogen) atoms. The maximum absolute atomic E-state index is 5.41.